The molecule has 0 radical (unpaired) electrons. The van der Waals surface area contributed by atoms with E-state index < -0.39 is 0 Å². The number of nitrogens with zero attached hydrogens (tertiary/aromatic N) is 1. The first kappa shape index (κ1) is 13.4. The third kappa shape index (κ3) is 3.11. The molecule has 0 aliphatic rings. The highest BCUT2D eigenvalue weighted by Gasteiger charge is 2.06. The molecule has 106 valence electrons. The number of imidazole rings is 1. The highest BCUT2D eigenvalue weighted by atomic mass is 16.1. The molecule has 0 spiro atoms. The molecule has 4 heteroatoms. The lowest BCUT2D eigenvalue weighted by molar-refractivity contribution is -0.115. The number of aromatic nitrogens is 2. The van der Waals surface area contributed by atoms with Gasteiger partial charge in [0.1, 0.15) is 5.82 Å². The van der Waals surface area contributed by atoms with Crippen molar-refractivity contribution in [3.63, 3.8) is 0 Å². The number of aryl methyl sites for hydroxylation is 2. The van der Waals surface area contributed by atoms with Crippen LogP contribution in [0.1, 0.15) is 17.0 Å². The van der Waals surface area contributed by atoms with E-state index in [4.69, 9.17) is 0 Å². The molecule has 0 aliphatic heterocycles. The van der Waals surface area contributed by atoms with Crippen LogP contribution < -0.4 is 5.32 Å². The Balaban J connectivity index is 1.71. The standard InChI is InChI=1S/C17H17N3O/c1-11-3-5-13(6-4-11)9-17(21)20-14-7-8-15-16(10-14)19-12(2)18-15/h3-8,10H,9H2,1-2H3,(H,18,19)(H,20,21). The average Bonchev–Trinajstić information content (AvgIpc) is 2.80. The van der Waals surface area contributed by atoms with Crippen LogP contribution in [0.3, 0.4) is 0 Å². The van der Waals surface area contributed by atoms with Gasteiger partial charge in [0.05, 0.1) is 17.5 Å². The lowest BCUT2D eigenvalue weighted by Gasteiger charge is -2.05. The van der Waals surface area contributed by atoms with Crippen LogP contribution in [0.25, 0.3) is 11.0 Å². The van der Waals surface area contributed by atoms with Crippen molar-refractivity contribution in [3.05, 3.63) is 59.4 Å². The molecule has 1 heterocycles. The second-order valence-electron chi connectivity index (χ2n) is 5.26. The summed E-state index contributed by atoms with van der Waals surface area (Å²) in [4.78, 5) is 19.6. The van der Waals surface area contributed by atoms with Gasteiger partial charge >= 0.3 is 0 Å². The van der Waals surface area contributed by atoms with E-state index in [-0.39, 0.29) is 5.91 Å². The summed E-state index contributed by atoms with van der Waals surface area (Å²) in [5.74, 6) is 0.850. The number of H-pyrrole nitrogens is 1. The summed E-state index contributed by atoms with van der Waals surface area (Å²) in [6, 6.07) is 13.7. The molecule has 0 atom stereocenters. The van der Waals surface area contributed by atoms with E-state index in [1.165, 1.54) is 5.56 Å². The molecule has 0 bridgehead atoms. The predicted octanol–water partition coefficient (Wildman–Crippen LogP) is 3.36. The molecule has 0 aliphatic carbocycles. The van der Waals surface area contributed by atoms with Gasteiger partial charge in [-0.25, -0.2) is 4.98 Å². The minimum Gasteiger partial charge on any atom is -0.342 e. The van der Waals surface area contributed by atoms with Gasteiger partial charge in [-0.15, -0.1) is 0 Å². The molecule has 1 amide bonds. The number of fused-ring (bicyclic) bond motifs is 1. The summed E-state index contributed by atoms with van der Waals surface area (Å²) >= 11 is 0. The number of aromatic amines is 1. The summed E-state index contributed by atoms with van der Waals surface area (Å²) in [5, 5.41) is 2.92. The van der Waals surface area contributed by atoms with Crippen LogP contribution in [0, 0.1) is 13.8 Å². The van der Waals surface area contributed by atoms with Crippen LogP contribution in [0.15, 0.2) is 42.5 Å². The second-order valence-corrected chi connectivity index (χ2v) is 5.26. The van der Waals surface area contributed by atoms with E-state index >= 15 is 0 Å². The molecule has 0 saturated carbocycles. The fourth-order valence-corrected chi connectivity index (χ4v) is 2.31. The number of carbonyl (C=O) groups excluding carboxylic acids is 1. The molecule has 0 fully saturated rings. The van der Waals surface area contributed by atoms with Crippen LogP contribution >= 0.6 is 0 Å². The topological polar surface area (TPSA) is 57.8 Å². The van der Waals surface area contributed by atoms with Gasteiger partial charge in [-0.05, 0) is 37.6 Å². The number of rotatable bonds is 3. The predicted molar refractivity (Wildman–Crippen MR) is 84.3 cm³/mol. The van der Waals surface area contributed by atoms with Crippen LogP contribution in [-0.4, -0.2) is 15.9 Å². The molecule has 1 aromatic heterocycles. The Morgan fingerprint density at radius 2 is 1.90 bits per heavy atom. The normalized spacial score (nSPS) is 10.8. The third-order valence-electron chi connectivity index (χ3n) is 3.37. The van der Waals surface area contributed by atoms with Gasteiger partial charge in [-0.3, -0.25) is 4.79 Å². The molecule has 3 aromatic rings. The average molecular weight is 279 g/mol. The Kier molecular flexibility index (Phi) is 3.44. The summed E-state index contributed by atoms with van der Waals surface area (Å²) < 4.78 is 0. The van der Waals surface area contributed by atoms with Gasteiger partial charge in [0.25, 0.3) is 0 Å². The maximum atomic E-state index is 12.1. The summed E-state index contributed by atoms with van der Waals surface area (Å²) in [5.41, 5.74) is 4.82. The number of hydrogen-bond donors (Lipinski definition) is 2. The molecule has 0 unspecified atom stereocenters. The monoisotopic (exact) mass is 279 g/mol. The maximum Gasteiger partial charge on any atom is 0.228 e. The first-order valence-corrected chi connectivity index (χ1v) is 6.92. The Hall–Kier alpha value is -2.62. The molecule has 3 rings (SSSR count). The summed E-state index contributed by atoms with van der Waals surface area (Å²) in [6.45, 7) is 3.95. The molecular weight excluding hydrogens is 262 g/mol. The van der Waals surface area contributed by atoms with Crippen molar-refractivity contribution in [1.29, 1.82) is 0 Å². The van der Waals surface area contributed by atoms with Gasteiger partial charge in [0, 0.05) is 5.69 Å². The molecule has 21 heavy (non-hydrogen) atoms. The fourth-order valence-electron chi connectivity index (χ4n) is 2.31. The van der Waals surface area contributed by atoms with Crippen LogP contribution in [0.4, 0.5) is 5.69 Å². The van der Waals surface area contributed by atoms with Crippen LogP contribution in [0.2, 0.25) is 0 Å². The zero-order chi connectivity index (χ0) is 14.8. The van der Waals surface area contributed by atoms with Crippen molar-refractivity contribution >= 4 is 22.6 Å². The van der Waals surface area contributed by atoms with Gasteiger partial charge in [-0.1, -0.05) is 29.8 Å². The Morgan fingerprint density at radius 1 is 1.14 bits per heavy atom. The zero-order valence-corrected chi connectivity index (χ0v) is 12.1. The van der Waals surface area contributed by atoms with Crippen LogP contribution in [-0.2, 0) is 11.2 Å². The minimum absolute atomic E-state index is 0.0190. The number of hydrogen-bond acceptors (Lipinski definition) is 2. The molecule has 2 aromatic carbocycles. The Labute approximate surface area is 123 Å². The van der Waals surface area contributed by atoms with Crippen molar-refractivity contribution < 1.29 is 4.79 Å². The van der Waals surface area contributed by atoms with Crippen molar-refractivity contribution in [2.24, 2.45) is 0 Å². The van der Waals surface area contributed by atoms with Gasteiger partial charge in [-0.2, -0.15) is 0 Å². The fraction of sp³-hybridized carbons (Fsp3) is 0.176. The van der Waals surface area contributed by atoms with E-state index in [0.29, 0.717) is 6.42 Å². The van der Waals surface area contributed by atoms with E-state index in [1.54, 1.807) is 0 Å². The number of benzene rings is 2. The lowest BCUT2D eigenvalue weighted by Crippen LogP contribution is -2.14. The number of amides is 1. The first-order chi connectivity index (χ1) is 10.1. The SMILES string of the molecule is Cc1ccc(CC(=O)Nc2ccc3nc(C)[nH]c3c2)cc1. The number of anilines is 1. The summed E-state index contributed by atoms with van der Waals surface area (Å²) in [7, 11) is 0. The van der Waals surface area contributed by atoms with Crippen molar-refractivity contribution in [1.82, 2.24) is 9.97 Å². The largest absolute Gasteiger partial charge is 0.342 e. The summed E-state index contributed by atoms with van der Waals surface area (Å²) in [6.07, 6.45) is 0.375. The van der Waals surface area contributed by atoms with Crippen LogP contribution in [0.5, 0.6) is 0 Å². The first-order valence-electron chi connectivity index (χ1n) is 6.92. The van der Waals surface area contributed by atoms with E-state index in [0.717, 1.165) is 28.1 Å². The lowest BCUT2D eigenvalue weighted by atomic mass is 10.1. The van der Waals surface area contributed by atoms with Gasteiger partial charge in [0.2, 0.25) is 5.91 Å². The third-order valence-corrected chi connectivity index (χ3v) is 3.37. The van der Waals surface area contributed by atoms with Gasteiger partial charge in [0.15, 0.2) is 0 Å². The van der Waals surface area contributed by atoms with E-state index in [2.05, 4.69) is 15.3 Å². The zero-order valence-electron chi connectivity index (χ0n) is 12.1. The molecule has 2 N–H and O–H groups in total. The maximum absolute atomic E-state index is 12.1. The number of nitrogens with one attached hydrogen (secondary N) is 2. The molecule has 0 saturated heterocycles. The smallest absolute Gasteiger partial charge is 0.228 e. The Morgan fingerprint density at radius 3 is 2.67 bits per heavy atom. The molecular formula is C17H17N3O. The minimum atomic E-state index is -0.0190. The highest BCUT2D eigenvalue weighted by molar-refractivity contribution is 5.94. The molecule has 4 nitrogen and oxygen atoms in total. The van der Waals surface area contributed by atoms with E-state index in [1.807, 2.05) is 56.3 Å². The number of carbonyl (C=O) groups is 1. The van der Waals surface area contributed by atoms with Crippen molar-refractivity contribution in [2.45, 2.75) is 20.3 Å². The Bertz CT molecular complexity index is 787. The van der Waals surface area contributed by atoms with Gasteiger partial charge < -0.3 is 10.3 Å². The van der Waals surface area contributed by atoms with Crippen molar-refractivity contribution in [3.8, 4) is 0 Å². The van der Waals surface area contributed by atoms with E-state index in [9.17, 15) is 4.79 Å². The second kappa shape index (κ2) is 5.40. The van der Waals surface area contributed by atoms with Crippen molar-refractivity contribution in [2.75, 3.05) is 5.32 Å². The highest BCUT2D eigenvalue weighted by Crippen LogP contribution is 2.17. The quantitative estimate of drug-likeness (QED) is 0.772.